The predicted molar refractivity (Wildman–Crippen MR) is 110 cm³/mol. The standard InChI is InChI=1S/C19H19FN4O2S2/c1-11(2)24-16(25)8-21-17(26)9-27-19-18-14(22-10-23-19)7-15(28-18)12-3-5-13(20)6-4-12/h3-7,10-11H,8-9H2,1-2H3,(H,21,26)(H,24,25). The van der Waals surface area contributed by atoms with Gasteiger partial charge < -0.3 is 10.6 Å². The molecule has 0 aliphatic rings. The van der Waals surface area contributed by atoms with E-state index in [1.165, 1.54) is 41.6 Å². The van der Waals surface area contributed by atoms with Crippen LogP contribution in [0.4, 0.5) is 4.39 Å². The molecule has 3 rings (SSSR count). The van der Waals surface area contributed by atoms with Crippen LogP contribution >= 0.6 is 23.1 Å². The maximum absolute atomic E-state index is 13.1. The Hall–Kier alpha value is -2.52. The molecule has 2 heterocycles. The van der Waals surface area contributed by atoms with Crippen molar-refractivity contribution in [2.45, 2.75) is 24.9 Å². The molecule has 2 aromatic heterocycles. The minimum Gasteiger partial charge on any atom is -0.352 e. The number of rotatable bonds is 7. The Morgan fingerprint density at radius 1 is 1.18 bits per heavy atom. The van der Waals surface area contributed by atoms with Crippen molar-refractivity contribution in [1.82, 2.24) is 20.6 Å². The lowest BCUT2D eigenvalue weighted by Crippen LogP contribution is -2.40. The predicted octanol–water partition coefficient (Wildman–Crippen LogP) is 3.23. The van der Waals surface area contributed by atoms with Crippen molar-refractivity contribution in [2.24, 2.45) is 0 Å². The molecule has 0 bridgehead atoms. The summed E-state index contributed by atoms with van der Waals surface area (Å²) >= 11 is 2.79. The van der Waals surface area contributed by atoms with Gasteiger partial charge in [0.05, 0.1) is 22.5 Å². The quantitative estimate of drug-likeness (QED) is 0.455. The molecule has 0 atom stereocenters. The molecular weight excluding hydrogens is 399 g/mol. The fraction of sp³-hybridized carbons (Fsp3) is 0.263. The normalized spacial score (nSPS) is 11.0. The maximum atomic E-state index is 13.1. The minimum atomic E-state index is -0.283. The molecule has 6 nitrogen and oxygen atoms in total. The van der Waals surface area contributed by atoms with Crippen LogP contribution in [-0.4, -0.2) is 40.1 Å². The number of halogens is 1. The SMILES string of the molecule is CC(C)NC(=O)CNC(=O)CSc1ncnc2cc(-c3ccc(F)cc3)sc12. The van der Waals surface area contributed by atoms with Crippen molar-refractivity contribution in [3.8, 4) is 10.4 Å². The number of carbonyl (C=O) groups is 2. The Balaban J connectivity index is 1.66. The number of benzene rings is 1. The second kappa shape index (κ2) is 9.11. The van der Waals surface area contributed by atoms with Crippen molar-refractivity contribution in [3.63, 3.8) is 0 Å². The number of nitrogens with one attached hydrogen (secondary N) is 2. The highest BCUT2D eigenvalue weighted by molar-refractivity contribution is 8.00. The number of carbonyl (C=O) groups excluding carboxylic acids is 2. The third-order valence-electron chi connectivity index (χ3n) is 3.64. The van der Waals surface area contributed by atoms with Gasteiger partial charge in [-0.05, 0) is 37.6 Å². The van der Waals surface area contributed by atoms with Crippen molar-refractivity contribution in [1.29, 1.82) is 0 Å². The van der Waals surface area contributed by atoms with Gasteiger partial charge in [-0.1, -0.05) is 23.9 Å². The van der Waals surface area contributed by atoms with Crippen molar-refractivity contribution >= 4 is 45.1 Å². The van der Waals surface area contributed by atoms with Crippen LogP contribution in [-0.2, 0) is 9.59 Å². The van der Waals surface area contributed by atoms with Crippen LogP contribution in [0.3, 0.4) is 0 Å². The first-order valence-corrected chi connectivity index (χ1v) is 10.4. The van der Waals surface area contributed by atoms with E-state index in [0.717, 1.165) is 20.7 Å². The molecule has 0 radical (unpaired) electrons. The Labute approximate surface area is 170 Å². The van der Waals surface area contributed by atoms with Gasteiger partial charge in [-0.25, -0.2) is 14.4 Å². The molecule has 3 aromatic rings. The van der Waals surface area contributed by atoms with Gasteiger partial charge in [0.25, 0.3) is 0 Å². The van der Waals surface area contributed by atoms with E-state index in [1.807, 2.05) is 19.9 Å². The summed E-state index contributed by atoms with van der Waals surface area (Å²) in [6.45, 7) is 3.67. The number of thioether (sulfide) groups is 1. The lowest BCUT2D eigenvalue weighted by atomic mass is 10.2. The summed E-state index contributed by atoms with van der Waals surface area (Å²) in [6, 6.07) is 8.23. The third kappa shape index (κ3) is 5.26. The van der Waals surface area contributed by atoms with E-state index in [4.69, 9.17) is 0 Å². The zero-order valence-electron chi connectivity index (χ0n) is 15.4. The van der Waals surface area contributed by atoms with Crippen LogP contribution in [0.5, 0.6) is 0 Å². The van der Waals surface area contributed by atoms with Crippen LogP contribution in [0.2, 0.25) is 0 Å². The van der Waals surface area contributed by atoms with Gasteiger partial charge in [0.1, 0.15) is 17.2 Å². The molecule has 1 aromatic carbocycles. The van der Waals surface area contributed by atoms with Crippen molar-refractivity contribution in [2.75, 3.05) is 12.3 Å². The zero-order chi connectivity index (χ0) is 20.1. The van der Waals surface area contributed by atoms with Crippen LogP contribution < -0.4 is 10.6 Å². The second-order valence-corrected chi connectivity index (χ2v) is 8.31. The minimum absolute atomic E-state index is 0.0298. The average molecular weight is 419 g/mol. The van der Waals surface area contributed by atoms with Gasteiger partial charge in [0, 0.05) is 10.9 Å². The molecule has 0 unspecified atom stereocenters. The van der Waals surface area contributed by atoms with Crippen LogP contribution in [0, 0.1) is 5.82 Å². The topological polar surface area (TPSA) is 84.0 Å². The van der Waals surface area contributed by atoms with E-state index in [9.17, 15) is 14.0 Å². The van der Waals surface area contributed by atoms with Crippen LogP contribution in [0.1, 0.15) is 13.8 Å². The molecule has 2 amide bonds. The summed E-state index contributed by atoms with van der Waals surface area (Å²) < 4.78 is 14.0. The molecule has 146 valence electrons. The number of amides is 2. The number of hydrogen-bond donors (Lipinski definition) is 2. The van der Waals surface area contributed by atoms with E-state index in [0.29, 0.717) is 5.03 Å². The third-order valence-corrected chi connectivity index (χ3v) is 5.94. The summed E-state index contributed by atoms with van der Waals surface area (Å²) in [5.74, 6) is -0.606. The summed E-state index contributed by atoms with van der Waals surface area (Å²) in [4.78, 5) is 33.1. The number of fused-ring (bicyclic) bond motifs is 1. The summed E-state index contributed by atoms with van der Waals surface area (Å²) in [5, 5.41) is 6.01. The highest BCUT2D eigenvalue weighted by atomic mass is 32.2. The Morgan fingerprint density at radius 3 is 2.64 bits per heavy atom. The lowest BCUT2D eigenvalue weighted by Gasteiger charge is -2.09. The molecule has 9 heteroatoms. The average Bonchev–Trinajstić information content (AvgIpc) is 3.09. The molecule has 0 fully saturated rings. The molecule has 2 N–H and O–H groups in total. The lowest BCUT2D eigenvalue weighted by molar-refractivity contribution is -0.125. The second-order valence-electron chi connectivity index (χ2n) is 6.30. The fourth-order valence-electron chi connectivity index (χ4n) is 2.43. The van der Waals surface area contributed by atoms with Crippen LogP contribution in [0.15, 0.2) is 41.7 Å². The summed E-state index contributed by atoms with van der Waals surface area (Å²) in [6.07, 6.45) is 1.46. The maximum Gasteiger partial charge on any atom is 0.239 e. The van der Waals surface area contributed by atoms with Gasteiger partial charge in [0.2, 0.25) is 11.8 Å². The van der Waals surface area contributed by atoms with Gasteiger partial charge in [-0.3, -0.25) is 9.59 Å². The molecule has 0 aliphatic heterocycles. The summed E-state index contributed by atoms with van der Waals surface area (Å²) in [7, 11) is 0. The first-order chi connectivity index (χ1) is 13.4. The molecular formula is C19H19FN4O2S2. The Bertz CT molecular complexity index is 989. The highest BCUT2D eigenvalue weighted by Gasteiger charge is 2.13. The number of thiophene rings is 1. The molecule has 0 aliphatic carbocycles. The number of aromatic nitrogens is 2. The van der Waals surface area contributed by atoms with Gasteiger partial charge in [-0.15, -0.1) is 11.3 Å². The van der Waals surface area contributed by atoms with E-state index in [1.54, 1.807) is 12.1 Å². The first kappa shape index (κ1) is 20.2. The van der Waals surface area contributed by atoms with E-state index in [-0.39, 0.29) is 36.0 Å². The van der Waals surface area contributed by atoms with Gasteiger partial charge in [-0.2, -0.15) is 0 Å². The Kier molecular flexibility index (Phi) is 6.58. The molecule has 0 spiro atoms. The van der Waals surface area contributed by atoms with E-state index >= 15 is 0 Å². The van der Waals surface area contributed by atoms with Crippen molar-refractivity contribution < 1.29 is 14.0 Å². The largest absolute Gasteiger partial charge is 0.352 e. The van der Waals surface area contributed by atoms with Gasteiger partial charge >= 0.3 is 0 Å². The molecule has 28 heavy (non-hydrogen) atoms. The molecule has 0 saturated carbocycles. The monoisotopic (exact) mass is 418 g/mol. The first-order valence-electron chi connectivity index (χ1n) is 8.61. The van der Waals surface area contributed by atoms with Crippen LogP contribution in [0.25, 0.3) is 20.7 Å². The Morgan fingerprint density at radius 2 is 1.93 bits per heavy atom. The highest BCUT2D eigenvalue weighted by Crippen LogP contribution is 2.36. The zero-order valence-corrected chi connectivity index (χ0v) is 17.0. The fourth-order valence-corrected chi connectivity index (χ4v) is 4.46. The van der Waals surface area contributed by atoms with Gasteiger partial charge in [0.15, 0.2) is 0 Å². The molecule has 0 saturated heterocycles. The van der Waals surface area contributed by atoms with E-state index < -0.39 is 0 Å². The number of hydrogen-bond acceptors (Lipinski definition) is 6. The van der Waals surface area contributed by atoms with E-state index in [2.05, 4.69) is 20.6 Å². The van der Waals surface area contributed by atoms with Crippen molar-refractivity contribution in [3.05, 3.63) is 42.5 Å². The smallest absolute Gasteiger partial charge is 0.239 e. The number of nitrogens with zero attached hydrogens (tertiary/aromatic N) is 2. The summed E-state index contributed by atoms with van der Waals surface area (Å²) in [5.41, 5.74) is 1.67.